The summed E-state index contributed by atoms with van der Waals surface area (Å²) >= 11 is 1.61. The van der Waals surface area contributed by atoms with Gasteiger partial charge in [0.2, 0.25) is 0 Å². The van der Waals surface area contributed by atoms with Gasteiger partial charge in [-0.1, -0.05) is 0 Å². The monoisotopic (exact) mass is 263 g/mol. The molecule has 2 heterocycles. The van der Waals surface area contributed by atoms with E-state index in [1.165, 1.54) is 18.0 Å². The second-order valence-electron chi connectivity index (χ2n) is 3.70. The van der Waals surface area contributed by atoms with Crippen molar-refractivity contribution in [2.24, 2.45) is 5.84 Å². The molecule has 0 atom stereocenters. The van der Waals surface area contributed by atoms with Crippen LogP contribution in [-0.4, -0.2) is 15.9 Å². The highest BCUT2D eigenvalue weighted by atomic mass is 32.1. The SMILES string of the molecule is Cc1cscc1CNC(=O)c1cncc(NN)n1. The molecule has 0 aromatic carbocycles. The summed E-state index contributed by atoms with van der Waals surface area (Å²) in [6, 6.07) is 0. The number of carbonyl (C=O) groups excluding carboxylic acids is 1. The van der Waals surface area contributed by atoms with Crippen LogP contribution in [0.15, 0.2) is 23.2 Å². The minimum absolute atomic E-state index is 0.235. The number of anilines is 1. The van der Waals surface area contributed by atoms with Crippen molar-refractivity contribution in [2.45, 2.75) is 13.5 Å². The number of hydrogen-bond donors (Lipinski definition) is 3. The molecule has 7 heteroatoms. The predicted octanol–water partition coefficient (Wildman–Crippen LogP) is 1.06. The standard InChI is InChI=1S/C11H13N5OS/c1-7-5-18-6-8(7)2-14-11(17)9-3-13-4-10(15-9)16-12/h3-6H,2,12H2,1H3,(H,14,17)(H,15,16). The summed E-state index contributed by atoms with van der Waals surface area (Å²) in [7, 11) is 0. The van der Waals surface area contributed by atoms with Gasteiger partial charge in [0.25, 0.3) is 5.91 Å². The Morgan fingerprint density at radius 1 is 1.44 bits per heavy atom. The van der Waals surface area contributed by atoms with Gasteiger partial charge in [-0.15, -0.1) is 0 Å². The number of aryl methyl sites for hydroxylation is 1. The summed E-state index contributed by atoms with van der Waals surface area (Å²) in [6.07, 6.45) is 2.84. The molecule has 4 N–H and O–H groups in total. The minimum atomic E-state index is -0.273. The van der Waals surface area contributed by atoms with E-state index < -0.39 is 0 Å². The number of nitrogens with two attached hydrogens (primary N) is 1. The van der Waals surface area contributed by atoms with E-state index in [1.807, 2.05) is 17.7 Å². The first kappa shape index (κ1) is 12.5. The van der Waals surface area contributed by atoms with Crippen molar-refractivity contribution in [1.29, 1.82) is 0 Å². The maximum absolute atomic E-state index is 11.8. The van der Waals surface area contributed by atoms with E-state index in [-0.39, 0.29) is 11.6 Å². The Labute approximate surface area is 108 Å². The highest BCUT2D eigenvalue weighted by Crippen LogP contribution is 2.13. The quantitative estimate of drug-likeness (QED) is 0.566. The van der Waals surface area contributed by atoms with Crippen LogP contribution in [0.2, 0.25) is 0 Å². The Hall–Kier alpha value is -1.99. The van der Waals surface area contributed by atoms with Gasteiger partial charge in [0, 0.05) is 6.54 Å². The number of nitrogen functional groups attached to an aromatic ring is 1. The fraction of sp³-hybridized carbons (Fsp3) is 0.182. The van der Waals surface area contributed by atoms with E-state index >= 15 is 0 Å². The normalized spacial score (nSPS) is 10.1. The van der Waals surface area contributed by atoms with Crippen molar-refractivity contribution in [2.75, 3.05) is 5.43 Å². The molecule has 0 aliphatic carbocycles. The number of aromatic nitrogens is 2. The fourth-order valence-corrected chi connectivity index (χ4v) is 2.24. The van der Waals surface area contributed by atoms with Gasteiger partial charge in [-0.05, 0) is 28.8 Å². The summed E-state index contributed by atoms with van der Waals surface area (Å²) in [5.41, 5.74) is 4.86. The summed E-state index contributed by atoms with van der Waals surface area (Å²) < 4.78 is 0. The molecule has 0 aliphatic heterocycles. The third kappa shape index (κ3) is 2.82. The molecule has 2 aromatic rings. The molecule has 0 unspecified atom stereocenters. The molecule has 0 radical (unpaired) electrons. The van der Waals surface area contributed by atoms with Gasteiger partial charge in [0.05, 0.1) is 12.4 Å². The highest BCUT2D eigenvalue weighted by Gasteiger charge is 2.09. The van der Waals surface area contributed by atoms with E-state index in [4.69, 9.17) is 5.84 Å². The zero-order chi connectivity index (χ0) is 13.0. The van der Waals surface area contributed by atoms with Gasteiger partial charge in [-0.2, -0.15) is 11.3 Å². The van der Waals surface area contributed by atoms with Crippen LogP contribution in [-0.2, 0) is 6.54 Å². The molecule has 2 aromatic heterocycles. The molecule has 0 saturated heterocycles. The molecule has 2 rings (SSSR count). The van der Waals surface area contributed by atoms with Crippen LogP contribution in [0.4, 0.5) is 5.82 Å². The maximum atomic E-state index is 11.8. The molecule has 1 amide bonds. The number of hydrazine groups is 1. The van der Waals surface area contributed by atoms with E-state index in [0.717, 1.165) is 5.56 Å². The van der Waals surface area contributed by atoms with Crippen LogP contribution >= 0.6 is 11.3 Å². The number of nitrogens with one attached hydrogen (secondary N) is 2. The van der Waals surface area contributed by atoms with Crippen molar-refractivity contribution in [3.8, 4) is 0 Å². The lowest BCUT2D eigenvalue weighted by Gasteiger charge is -2.05. The molecular formula is C11H13N5OS. The van der Waals surface area contributed by atoms with Gasteiger partial charge in [-0.25, -0.2) is 10.8 Å². The van der Waals surface area contributed by atoms with Gasteiger partial charge in [0.15, 0.2) is 5.82 Å². The average Bonchev–Trinajstić information content (AvgIpc) is 2.81. The van der Waals surface area contributed by atoms with E-state index in [2.05, 4.69) is 20.7 Å². The molecule has 0 fully saturated rings. The molecular weight excluding hydrogens is 250 g/mol. The molecule has 94 valence electrons. The maximum Gasteiger partial charge on any atom is 0.271 e. The van der Waals surface area contributed by atoms with E-state index in [1.54, 1.807) is 11.3 Å². The number of amides is 1. The zero-order valence-electron chi connectivity index (χ0n) is 9.80. The lowest BCUT2D eigenvalue weighted by atomic mass is 10.2. The van der Waals surface area contributed by atoms with Crippen LogP contribution in [0.1, 0.15) is 21.6 Å². The van der Waals surface area contributed by atoms with Crippen LogP contribution in [0.3, 0.4) is 0 Å². The summed E-state index contributed by atoms with van der Waals surface area (Å²) in [6.45, 7) is 2.49. The zero-order valence-corrected chi connectivity index (χ0v) is 10.6. The molecule has 18 heavy (non-hydrogen) atoms. The van der Waals surface area contributed by atoms with Gasteiger partial charge in [0.1, 0.15) is 5.69 Å². The van der Waals surface area contributed by atoms with Crippen LogP contribution in [0.25, 0.3) is 0 Å². The largest absolute Gasteiger partial charge is 0.347 e. The molecule has 0 spiro atoms. The topological polar surface area (TPSA) is 92.9 Å². The average molecular weight is 263 g/mol. The van der Waals surface area contributed by atoms with Crippen molar-refractivity contribution in [1.82, 2.24) is 15.3 Å². The van der Waals surface area contributed by atoms with Crippen molar-refractivity contribution < 1.29 is 4.79 Å². The van der Waals surface area contributed by atoms with Gasteiger partial charge in [-0.3, -0.25) is 9.78 Å². The van der Waals surface area contributed by atoms with Gasteiger partial charge < -0.3 is 10.7 Å². The summed E-state index contributed by atoms with van der Waals surface area (Å²) in [5.74, 6) is 5.29. The van der Waals surface area contributed by atoms with E-state index in [9.17, 15) is 4.79 Å². The predicted molar refractivity (Wildman–Crippen MR) is 70.1 cm³/mol. The summed E-state index contributed by atoms with van der Waals surface area (Å²) in [5, 5.41) is 6.85. The number of thiophene rings is 1. The Kier molecular flexibility index (Phi) is 3.85. The lowest BCUT2D eigenvalue weighted by Crippen LogP contribution is -2.24. The third-order valence-corrected chi connectivity index (χ3v) is 3.33. The van der Waals surface area contributed by atoms with Crippen molar-refractivity contribution in [3.05, 3.63) is 40.0 Å². The first-order valence-corrected chi connectivity index (χ1v) is 6.23. The minimum Gasteiger partial charge on any atom is -0.347 e. The second-order valence-corrected chi connectivity index (χ2v) is 4.44. The third-order valence-electron chi connectivity index (χ3n) is 2.42. The van der Waals surface area contributed by atoms with Gasteiger partial charge >= 0.3 is 0 Å². The summed E-state index contributed by atoms with van der Waals surface area (Å²) in [4.78, 5) is 19.7. The molecule has 0 aliphatic rings. The first-order chi connectivity index (χ1) is 8.70. The van der Waals surface area contributed by atoms with Crippen molar-refractivity contribution >= 4 is 23.1 Å². The molecule has 0 bridgehead atoms. The van der Waals surface area contributed by atoms with Crippen molar-refractivity contribution in [3.63, 3.8) is 0 Å². The Morgan fingerprint density at radius 2 is 2.28 bits per heavy atom. The lowest BCUT2D eigenvalue weighted by molar-refractivity contribution is 0.0945. The Morgan fingerprint density at radius 3 is 2.94 bits per heavy atom. The number of carbonyl (C=O) groups is 1. The fourth-order valence-electron chi connectivity index (χ4n) is 1.38. The molecule has 6 nitrogen and oxygen atoms in total. The number of nitrogens with zero attached hydrogens (tertiary/aromatic N) is 2. The van der Waals surface area contributed by atoms with Crippen LogP contribution < -0.4 is 16.6 Å². The Bertz CT molecular complexity index is 554. The van der Waals surface area contributed by atoms with Crippen LogP contribution in [0.5, 0.6) is 0 Å². The number of hydrogen-bond acceptors (Lipinski definition) is 6. The Balaban J connectivity index is 2.01. The van der Waals surface area contributed by atoms with E-state index in [0.29, 0.717) is 12.4 Å². The first-order valence-electron chi connectivity index (χ1n) is 5.29. The second kappa shape index (κ2) is 5.56. The molecule has 0 saturated carbocycles. The number of rotatable bonds is 4. The highest BCUT2D eigenvalue weighted by molar-refractivity contribution is 7.08. The van der Waals surface area contributed by atoms with Crippen LogP contribution in [0, 0.1) is 6.92 Å². The smallest absolute Gasteiger partial charge is 0.271 e.